The van der Waals surface area contributed by atoms with Gasteiger partial charge in [-0.15, -0.1) is 0 Å². The fourth-order valence-electron chi connectivity index (χ4n) is 1.25. The van der Waals surface area contributed by atoms with Crippen molar-refractivity contribution in [2.24, 2.45) is 0 Å². The van der Waals surface area contributed by atoms with Crippen LogP contribution in [-0.2, 0) is 0 Å². The van der Waals surface area contributed by atoms with E-state index in [0.717, 1.165) is 27.7 Å². The lowest BCUT2D eigenvalue weighted by molar-refractivity contribution is 1.21. The molecule has 80 valence electrons. The second kappa shape index (κ2) is 6.72. The highest BCUT2D eigenvalue weighted by Gasteiger charge is 1.95. The van der Waals surface area contributed by atoms with E-state index in [1.54, 1.807) is 0 Å². The van der Waals surface area contributed by atoms with Crippen molar-refractivity contribution in [3.8, 4) is 0 Å². The van der Waals surface area contributed by atoms with Crippen molar-refractivity contribution in [3.05, 3.63) is 22.3 Å². The lowest BCUT2D eigenvalue weighted by atomic mass is 10.3. The molecule has 0 saturated carbocycles. The standard InChI is InChI=1S/C10H14ClN.C2H6/c1-4-9(11)8-6-7(3)12-10(8)5-2;1-2/h5-6,12H,4H2,1-3H3;1-2H3/b9-8+,10-5+;. The van der Waals surface area contributed by atoms with Crippen LogP contribution in [0.15, 0.2) is 6.07 Å². The lowest BCUT2D eigenvalue weighted by Gasteiger charge is -1.87. The molecule has 1 rings (SSSR count). The quantitative estimate of drug-likeness (QED) is 0.739. The number of hydrogen-bond acceptors (Lipinski definition) is 0. The van der Waals surface area contributed by atoms with Crippen molar-refractivity contribution in [1.82, 2.24) is 4.98 Å². The highest BCUT2D eigenvalue weighted by Crippen LogP contribution is 2.03. The average molecular weight is 214 g/mol. The molecule has 1 aromatic heterocycles. The van der Waals surface area contributed by atoms with Gasteiger partial charge in [0, 0.05) is 21.3 Å². The topological polar surface area (TPSA) is 15.8 Å². The van der Waals surface area contributed by atoms with Gasteiger partial charge < -0.3 is 4.98 Å². The molecule has 1 N–H and O–H groups in total. The first kappa shape index (κ1) is 13.3. The predicted octanol–water partition coefficient (Wildman–Crippen LogP) is 2.91. The van der Waals surface area contributed by atoms with E-state index in [9.17, 15) is 0 Å². The first-order chi connectivity index (χ1) is 6.69. The molecule has 1 aromatic rings. The largest absolute Gasteiger partial charge is 0.359 e. The maximum atomic E-state index is 6.06. The van der Waals surface area contributed by atoms with E-state index in [4.69, 9.17) is 11.6 Å². The molecule has 0 saturated heterocycles. The Balaban J connectivity index is 0.000000791. The second-order valence-corrected chi connectivity index (χ2v) is 3.28. The number of aromatic nitrogens is 1. The molecule has 0 unspecified atom stereocenters. The van der Waals surface area contributed by atoms with Crippen molar-refractivity contribution >= 4 is 22.7 Å². The third kappa shape index (κ3) is 3.22. The number of nitrogens with one attached hydrogen (secondary N) is 1. The van der Waals surface area contributed by atoms with Gasteiger partial charge in [-0.1, -0.05) is 38.4 Å². The molecule has 0 amide bonds. The molecule has 14 heavy (non-hydrogen) atoms. The third-order valence-corrected chi connectivity index (χ3v) is 2.35. The van der Waals surface area contributed by atoms with Crippen molar-refractivity contribution in [2.45, 2.75) is 41.0 Å². The number of halogens is 1. The Bertz CT molecular complexity index is 374. The van der Waals surface area contributed by atoms with Crippen LogP contribution in [0.25, 0.3) is 11.1 Å². The molecule has 0 fully saturated rings. The number of rotatable bonds is 1. The molecular weight excluding hydrogens is 194 g/mol. The van der Waals surface area contributed by atoms with E-state index < -0.39 is 0 Å². The summed E-state index contributed by atoms with van der Waals surface area (Å²) in [6, 6.07) is 2.08. The lowest BCUT2D eigenvalue weighted by Crippen LogP contribution is -2.23. The molecule has 2 heteroatoms. The maximum Gasteiger partial charge on any atom is 0.0424 e. The predicted molar refractivity (Wildman–Crippen MR) is 65.8 cm³/mol. The van der Waals surface area contributed by atoms with E-state index in [1.165, 1.54) is 0 Å². The van der Waals surface area contributed by atoms with Gasteiger partial charge in [-0.3, -0.25) is 0 Å². The number of hydrogen-bond donors (Lipinski definition) is 1. The normalized spacial score (nSPS) is 13.4. The zero-order valence-electron chi connectivity index (χ0n) is 9.74. The molecule has 0 aromatic carbocycles. The molecule has 0 atom stereocenters. The van der Waals surface area contributed by atoms with Gasteiger partial charge in [-0.25, -0.2) is 0 Å². The second-order valence-electron chi connectivity index (χ2n) is 2.83. The summed E-state index contributed by atoms with van der Waals surface area (Å²) in [7, 11) is 0. The van der Waals surface area contributed by atoms with Crippen LogP contribution in [0.4, 0.5) is 0 Å². The summed E-state index contributed by atoms with van der Waals surface area (Å²) in [5.74, 6) is 0. The van der Waals surface area contributed by atoms with Gasteiger partial charge in [0.05, 0.1) is 0 Å². The number of aryl methyl sites for hydroxylation is 1. The maximum absolute atomic E-state index is 6.06. The van der Waals surface area contributed by atoms with E-state index in [1.807, 2.05) is 33.8 Å². The Morgan fingerprint density at radius 2 is 2.07 bits per heavy atom. The smallest absolute Gasteiger partial charge is 0.0424 e. The minimum absolute atomic E-state index is 0.889. The van der Waals surface area contributed by atoms with Crippen LogP contribution in [0.1, 0.15) is 39.8 Å². The summed E-state index contributed by atoms with van der Waals surface area (Å²) in [5.41, 5.74) is 1.16. The highest BCUT2D eigenvalue weighted by molar-refractivity contribution is 6.45. The van der Waals surface area contributed by atoms with Gasteiger partial charge in [-0.2, -0.15) is 0 Å². The fraction of sp³-hybridized carbons (Fsp3) is 0.500. The Morgan fingerprint density at radius 1 is 1.50 bits per heavy atom. The number of aromatic amines is 1. The zero-order chi connectivity index (χ0) is 11.1. The molecule has 0 aliphatic carbocycles. The van der Waals surface area contributed by atoms with Crippen LogP contribution in [0, 0.1) is 6.92 Å². The van der Waals surface area contributed by atoms with E-state index in [-0.39, 0.29) is 0 Å². The van der Waals surface area contributed by atoms with E-state index >= 15 is 0 Å². The molecule has 1 heterocycles. The minimum Gasteiger partial charge on any atom is -0.359 e. The van der Waals surface area contributed by atoms with Crippen LogP contribution < -0.4 is 10.6 Å². The number of H-pyrrole nitrogens is 1. The molecule has 1 nitrogen and oxygen atoms in total. The molecule has 0 bridgehead atoms. The van der Waals surface area contributed by atoms with Crippen molar-refractivity contribution in [1.29, 1.82) is 0 Å². The molecule has 0 aliphatic heterocycles. The van der Waals surface area contributed by atoms with Gasteiger partial charge in [-0.05, 0) is 26.3 Å². The van der Waals surface area contributed by atoms with E-state index in [0.29, 0.717) is 0 Å². The van der Waals surface area contributed by atoms with E-state index in [2.05, 4.69) is 18.0 Å². The summed E-state index contributed by atoms with van der Waals surface area (Å²) in [4.78, 5) is 3.25. The van der Waals surface area contributed by atoms with Crippen LogP contribution >= 0.6 is 11.6 Å². The third-order valence-electron chi connectivity index (χ3n) is 1.87. The summed E-state index contributed by atoms with van der Waals surface area (Å²) >= 11 is 6.06. The summed E-state index contributed by atoms with van der Waals surface area (Å²) in [5, 5.41) is 3.19. The van der Waals surface area contributed by atoms with Crippen molar-refractivity contribution in [3.63, 3.8) is 0 Å². The SMILES string of the molecule is C/C=c1/[nH]c(C)c/c1=C(\Cl)CC.CC. The molecular formula is C12H20ClN. The Hall–Kier alpha value is -0.690. The molecule has 0 aliphatic rings. The van der Waals surface area contributed by atoms with Gasteiger partial charge in [0.15, 0.2) is 0 Å². The molecule has 0 spiro atoms. The van der Waals surface area contributed by atoms with Crippen molar-refractivity contribution in [2.75, 3.05) is 0 Å². The Morgan fingerprint density at radius 3 is 2.50 bits per heavy atom. The first-order valence-electron chi connectivity index (χ1n) is 5.19. The van der Waals surface area contributed by atoms with Crippen LogP contribution in [0.5, 0.6) is 0 Å². The monoisotopic (exact) mass is 213 g/mol. The van der Waals surface area contributed by atoms with Gasteiger partial charge in [0.25, 0.3) is 0 Å². The van der Waals surface area contributed by atoms with Crippen LogP contribution in [0.3, 0.4) is 0 Å². The van der Waals surface area contributed by atoms with Gasteiger partial charge in [0.2, 0.25) is 0 Å². The van der Waals surface area contributed by atoms with Gasteiger partial charge >= 0.3 is 0 Å². The minimum atomic E-state index is 0.889. The molecule has 0 radical (unpaired) electrons. The summed E-state index contributed by atoms with van der Waals surface area (Å²) in [6.45, 7) is 10.1. The van der Waals surface area contributed by atoms with Gasteiger partial charge in [0.1, 0.15) is 0 Å². The average Bonchev–Trinajstić information content (AvgIpc) is 2.61. The van der Waals surface area contributed by atoms with Crippen LogP contribution in [-0.4, -0.2) is 4.98 Å². The Kier molecular flexibility index (Phi) is 6.39. The summed E-state index contributed by atoms with van der Waals surface area (Å²) < 4.78 is 0. The summed E-state index contributed by atoms with van der Waals surface area (Å²) in [6.07, 6.45) is 2.93. The highest BCUT2D eigenvalue weighted by atomic mass is 35.5. The Labute approximate surface area is 91.5 Å². The zero-order valence-corrected chi connectivity index (χ0v) is 10.5. The van der Waals surface area contributed by atoms with Crippen molar-refractivity contribution < 1.29 is 0 Å². The van der Waals surface area contributed by atoms with Crippen LogP contribution in [0.2, 0.25) is 0 Å². The fourth-order valence-corrected chi connectivity index (χ4v) is 1.41. The first-order valence-corrected chi connectivity index (χ1v) is 5.57.